The van der Waals surface area contributed by atoms with Gasteiger partial charge in [-0.2, -0.15) is 0 Å². The fourth-order valence-corrected chi connectivity index (χ4v) is 9.86. The lowest BCUT2D eigenvalue weighted by atomic mass is 9.67. The van der Waals surface area contributed by atoms with Crippen molar-refractivity contribution >= 4 is 60.5 Å². The van der Waals surface area contributed by atoms with E-state index in [1.165, 1.54) is 54.9 Å². The van der Waals surface area contributed by atoms with E-state index in [0.29, 0.717) is 0 Å². The largest absolute Gasteiger partial charge is 0.456 e. The summed E-state index contributed by atoms with van der Waals surface area (Å²) in [5.74, 6) is 0. The third-order valence-electron chi connectivity index (χ3n) is 12.5. The highest BCUT2D eigenvalue weighted by Crippen LogP contribution is 2.57. The van der Waals surface area contributed by atoms with Crippen molar-refractivity contribution in [3.05, 3.63) is 247 Å². The Balaban J connectivity index is 1.07. The van der Waals surface area contributed by atoms with Gasteiger partial charge in [0.05, 0.1) is 5.41 Å². The van der Waals surface area contributed by atoms with Gasteiger partial charge in [-0.1, -0.05) is 170 Å². The number of rotatable bonds is 6. The van der Waals surface area contributed by atoms with Gasteiger partial charge in [0.1, 0.15) is 11.2 Å². The van der Waals surface area contributed by atoms with Gasteiger partial charge in [0.2, 0.25) is 0 Å². The molecule has 0 N–H and O–H groups in total. The summed E-state index contributed by atoms with van der Waals surface area (Å²) in [5.41, 5.74) is 14.5. The maximum absolute atomic E-state index is 6.29. The van der Waals surface area contributed by atoms with Crippen molar-refractivity contribution in [1.29, 1.82) is 0 Å². The molecular formula is C57H37NO. The van der Waals surface area contributed by atoms with E-state index in [9.17, 15) is 0 Å². The summed E-state index contributed by atoms with van der Waals surface area (Å²) in [6, 6.07) is 82.0. The van der Waals surface area contributed by atoms with Gasteiger partial charge in [-0.25, -0.2) is 0 Å². The molecule has 0 atom stereocenters. The van der Waals surface area contributed by atoms with E-state index in [2.05, 4.69) is 217 Å². The highest BCUT2D eigenvalue weighted by molar-refractivity contribution is 6.09. The molecule has 10 aromatic carbocycles. The molecule has 1 aromatic heterocycles. The molecule has 0 amide bonds. The van der Waals surface area contributed by atoms with Gasteiger partial charge < -0.3 is 9.32 Å². The first-order valence-electron chi connectivity index (χ1n) is 20.3. The van der Waals surface area contributed by atoms with Crippen molar-refractivity contribution in [3.63, 3.8) is 0 Å². The number of anilines is 3. The third kappa shape index (κ3) is 5.13. The lowest BCUT2D eigenvalue weighted by molar-refractivity contribution is 0.669. The minimum atomic E-state index is -0.505. The lowest BCUT2D eigenvalue weighted by Gasteiger charge is -2.35. The third-order valence-corrected chi connectivity index (χ3v) is 12.5. The maximum Gasteiger partial charge on any atom is 0.136 e. The Kier molecular flexibility index (Phi) is 7.48. The molecule has 0 unspecified atom stereocenters. The summed E-state index contributed by atoms with van der Waals surface area (Å²) < 4.78 is 6.29. The Morgan fingerprint density at radius 3 is 1.68 bits per heavy atom. The second-order valence-electron chi connectivity index (χ2n) is 15.6. The molecule has 2 heteroatoms. The van der Waals surface area contributed by atoms with Gasteiger partial charge >= 0.3 is 0 Å². The van der Waals surface area contributed by atoms with E-state index in [1.807, 2.05) is 12.1 Å². The van der Waals surface area contributed by atoms with E-state index in [0.717, 1.165) is 50.1 Å². The zero-order valence-electron chi connectivity index (χ0n) is 32.2. The van der Waals surface area contributed by atoms with Gasteiger partial charge in [-0.3, -0.25) is 0 Å². The first-order chi connectivity index (χ1) is 29.2. The molecule has 0 saturated carbocycles. The number of nitrogens with zero attached hydrogens (tertiary/aromatic N) is 1. The van der Waals surface area contributed by atoms with Gasteiger partial charge in [0.25, 0.3) is 0 Å². The van der Waals surface area contributed by atoms with Gasteiger partial charge in [-0.15, -0.1) is 0 Å². The van der Waals surface area contributed by atoms with E-state index in [-0.39, 0.29) is 0 Å². The standard InChI is InChI=1S/C57H37NO/c1-3-14-42(15-4-1)57(43-16-5-2-6-17-43)53-21-11-9-19-48(53)49-34-32-46(37-54(49)57)58(45-31-27-40-24-23-39-13-7-8-18-47(39)52(40)36-45)44-29-25-38(26-30-44)41-28-33-51-50-20-10-12-22-55(50)59-56(51)35-41/h1-37H. The Morgan fingerprint density at radius 1 is 0.322 bits per heavy atom. The smallest absolute Gasteiger partial charge is 0.136 e. The Bertz CT molecular complexity index is 3340. The van der Waals surface area contributed by atoms with Crippen molar-refractivity contribution in [3.8, 4) is 22.3 Å². The lowest BCUT2D eigenvalue weighted by Crippen LogP contribution is -2.28. The summed E-state index contributed by atoms with van der Waals surface area (Å²) >= 11 is 0. The predicted octanol–water partition coefficient (Wildman–Crippen LogP) is 15.4. The molecule has 0 spiro atoms. The van der Waals surface area contributed by atoms with E-state index >= 15 is 0 Å². The van der Waals surface area contributed by atoms with Crippen LogP contribution in [0.4, 0.5) is 17.1 Å². The van der Waals surface area contributed by atoms with Crippen molar-refractivity contribution in [2.24, 2.45) is 0 Å². The van der Waals surface area contributed by atoms with Crippen molar-refractivity contribution in [2.45, 2.75) is 5.41 Å². The number of hydrogen-bond donors (Lipinski definition) is 0. The van der Waals surface area contributed by atoms with Crippen LogP contribution >= 0.6 is 0 Å². The average molecular weight is 752 g/mol. The maximum atomic E-state index is 6.29. The zero-order chi connectivity index (χ0) is 38.9. The van der Waals surface area contributed by atoms with Crippen LogP contribution in [-0.4, -0.2) is 0 Å². The molecule has 0 aliphatic heterocycles. The fourth-order valence-electron chi connectivity index (χ4n) is 9.86. The monoisotopic (exact) mass is 751 g/mol. The molecule has 11 aromatic rings. The molecule has 2 nitrogen and oxygen atoms in total. The Labute approximate surface area is 342 Å². The SMILES string of the molecule is c1ccc(C2(c3ccccc3)c3ccccc3-c3ccc(N(c4ccc(-c5ccc6c(c5)oc5ccccc56)cc4)c4ccc5ccc6ccccc6c5c4)cc32)cc1. The van der Waals surface area contributed by atoms with E-state index in [4.69, 9.17) is 4.42 Å². The number of fused-ring (bicyclic) bond motifs is 9. The van der Waals surface area contributed by atoms with Crippen LogP contribution in [0.15, 0.2) is 229 Å². The molecule has 59 heavy (non-hydrogen) atoms. The topological polar surface area (TPSA) is 16.4 Å². The molecule has 0 fully saturated rings. The number of para-hydroxylation sites is 1. The van der Waals surface area contributed by atoms with Gasteiger partial charge in [0.15, 0.2) is 0 Å². The van der Waals surface area contributed by atoms with Gasteiger partial charge in [-0.05, 0) is 121 Å². The molecule has 1 heterocycles. The predicted molar refractivity (Wildman–Crippen MR) is 246 cm³/mol. The zero-order valence-corrected chi connectivity index (χ0v) is 32.2. The molecule has 276 valence electrons. The van der Waals surface area contributed by atoms with Crippen LogP contribution in [0.2, 0.25) is 0 Å². The summed E-state index contributed by atoms with van der Waals surface area (Å²) in [6.07, 6.45) is 0. The normalized spacial score (nSPS) is 12.9. The minimum absolute atomic E-state index is 0.505. The molecule has 0 saturated heterocycles. The molecule has 0 bridgehead atoms. The first-order valence-corrected chi connectivity index (χ1v) is 20.3. The van der Waals surface area contributed by atoms with Crippen LogP contribution in [-0.2, 0) is 5.41 Å². The van der Waals surface area contributed by atoms with Crippen molar-refractivity contribution in [1.82, 2.24) is 0 Å². The van der Waals surface area contributed by atoms with Crippen molar-refractivity contribution in [2.75, 3.05) is 4.90 Å². The highest BCUT2D eigenvalue weighted by atomic mass is 16.3. The van der Waals surface area contributed by atoms with Gasteiger partial charge in [0, 0.05) is 27.8 Å². The van der Waals surface area contributed by atoms with Crippen LogP contribution in [0.25, 0.3) is 65.7 Å². The molecule has 1 aliphatic carbocycles. The second-order valence-corrected chi connectivity index (χ2v) is 15.6. The van der Waals surface area contributed by atoms with Crippen LogP contribution in [0.5, 0.6) is 0 Å². The van der Waals surface area contributed by atoms with Crippen LogP contribution in [0.3, 0.4) is 0 Å². The van der Waals surface area contributed by atoms with Crippen LogP contribution in [0, 0.1) is 0 Å². The van der Waals surface area contributed by atoms with E-state index in [1.54, 1.807) is 0 Å². The Morgan fingerprint density at radius 2 is 0.881 bits per heavy atom. The van der Waals surface area contributed by atoms with Crippen LogP contribution < -0.4 is 4.90 Å². The molecular weight excluding hydrogens is 715 g/mol. The highest BCUT2D eigenvalue weighted by Gasteiger charge is 2.46. The summed E-state index contributed by atoms with van der Waals surface area (Å²) in [4.78, 5) is 2.43. The number of hydrogen-bond acceptors (Lipinski definition) is 2. The molecule has 12 rings (SSSR count). The number of furan rings is 1. The number of benzene rings is 10. The molecule has 0 radical (unpaired) electrons. The van der Waals surface area contributed by atoms with E-state index < -0.39 is 5.41 Å². The Hall–Kier alpha value is -7.68. The minimum Gasteiger partial charge on any atom is -0.456 e. The molecule has 1 aliphatic rings. The summed E-state index contributed by atoms with van der Waals surface area (Å²) in [6.45, 7) is 0. The van der Waals surface area contributed by atoms with Crippen molar-refractivity contribution < 1.29 is 4.42 Å². The van der Waals surface area contributed by atoms with Crippen LogP contribution in [0.1, 0.15) is 22.3 Å². The fraction of sp³-hybridized carbons (Fsp3) is 0.0175. The summed E-state index contributed by atoms with van der Waals surface area (Å²) in [7, 11) is 0. The first kappa shape index (κ1) is 33.5. The quantitative estimate of drug-likeness (QED) is 0.157. The summed E-state index contributed by atoms with van der Waals surface area (Å²) in [5, 5.41) is 7.22. The second kappa shape index (κ2) is 13.2. The average Bonchev–Trinajstić information content (AvgIpc) is 3.83.